The second-order valence-electron chi connectivity index (χ2n) is 4.35. The summed E-state index contributed by atoms with van der Waals surface area (Å²) in [4.78, 5) is 25.2. The summed E-state index contributed by atoms with van der Waals surface area (Å²) in [7, 11) is 1.48. The zero-order valence-electron chi connectivity index (χ0n) is 11.1. The van der Waals surface area contributed by atoms with E-state index in [0.717, 1.165) is 5.56 Å². The normalized spacial score (nSPS) is 10.1. The third kappa shape index (κ3) is 2.62. The van der Waals surface area contributed by atoms with Crippen LogP contribution < -0.4 is 16.0 Å². The van der Waals surface area contributed by atoms with Crippen molar-refractivity contribution in [3.8, 4) is 11.8 Å². The van der Waals surface area contributed by atoms with Crippen LogP contribution in [0.1, 0.15) is 16.7 Å². The molecule has 0 aliphatic heterocycles. The van der Waals surface area contributed by atoms with Crippen molar-refractivity contribution in [2.45, 2.75) is 13.5 Å². The maximum atomic E-state index is 11.7. The number of aromatic nitrogens is 2. The van der Waals surface area contributed by atoms with E-state index in [2.05, 4.69) is 4.98 Å². The Labute approximate surface area is 114 Å². The molecule has 2 rings (SSSR count). The lowest BCUT2D eigenvalue weighted by atomic mass is 10.1. The first-order valence-electron chi connectivity index (χ1n) is 5.92. The van der Waals surface area contributed by atoms with Crippen molar-refractivity contribution >= 4 is 0 Å². The van der Waals surface area contributed by atoms with Crippen molar-refractivity contribution < 1.29 is 4.74 Å². The SMILES string of the molecule is COc1cc(Cn2cc(C)c(=O)[nH]c2=O)ccc1C#N. The predicted molar refractivity (Wildman–Crippen MR) is 72.9 cm³/mol. The van der Waals surface area contributed by atoms with Gasteiger partial charge in [-0.1, -0.05) is 6.07 Å². The molecule has 6 nitrogen and oxygen atoms in total. The number of rotatable bonds is 3. The summed E-state index contributed by atoms with van der Waals surface area (Å²) in [5, 5.41) is 8.92. The van der Waals surface area contributed by atoms with Crippen molar-refractivity contribution in [1.29, 1.82) is 5.26 Å². The Hall–Kier alpha value is -2.81. The lowest BCUT2D eigenvalue weighted by Crippen LogP contribution is -2.31. The predicted octanol–water partition coefficient (Wildman–Crippen LogP) is 0.774. The van der Waals surface area contributed by atoms with Crippen molar-refractivity contribution in [1.82, 2.24) is 9.55 Å². The van der Waals surface area contributed by atoms with Crippen LogP contribution in [0.5, 0.6) is 5.75 Å². The van der Waals surface area contributed by atoms with E-state index in [-0.39, 0.29) is 5.56 Å². The standard InChI is InChI=1S/C14H13N3O3/c1-9-7-17(14(19)16-13(9)18)8-10-3-4-11(6-15)12(5-10)20-2/h3-5,7H,8H2,1-2H3,(H,16,18,19). The minimum atomic E-state index is -0.469. The summed E-state index contributed by atoms with van der Waals surface area (Å²) in [5.41, 5.74) is 0.841. The molecule has 20 heavy (non-hydrogen) atoms. The van der Waals surface area contributed by atoms with Gasteiger partial charge < -0.3 is 4.74 Å². The van der Waals surface area contributed by atoms with Crippen LogP contribution in [0, 0.1) is 18.3 Å². The van der Waals surface area contributed by atoms with Gasteiger partial charge in [-0.05, 0) is 24.6 Å². The highest BCUT2D eigenvalue weighted by Gasteiger charge is 2.06. The number of H-pyrrole nitrogens is 1. The number of aryl methyl sites for hydroxylation is 1. The van der Waals surface area contributed by atoms with Crippen LogP contribution in [0.3, 0.4) is 0 Å². The minimum absolute atomic E-state index is 0.290. The highest BCUT2D eigenvalue weighted by atomic mass is 16.5. The van der Waals surface area contributed by atoms with Crippen LogP contribution in [-0.2, 0) is 6.54 Å². The first-order valence-corrected chi connectivity index (χ1v) is 5.92. The number of nitriles is 1. The van der Waals surface area contributed by atoms with E-state index >= 15 is 0 Å². The number of benzene rings is 1. The molecular weight excluding hydrogens is 258 g/mol. The van der Waals surface area contributed by atoms with Crippen molar-refractivity contribution in [3.63, 3.8) is 0 Å². The molecule has 0 unspecified atom stereocenters. The van der Waals surface area contributed by atoms with Gasteiger partial charge in [-0.15, -0.1) is 0 Å². The van der Waals surface area contributed by atoms with Gasteiger partial charge >= 0.3 is 5.69 Å². The third-order valence-electron chi connectivity index (χ3n) is 2.93. The van der Waals surface area contributed by atoms with Crippen LogP contribution in [0.2, 0.25) is 0 Å². The summed E-state index contributed by atoms with van der Waals surface area (Å²) in [5.74, 6) is 0.458. The molecule has 1 N–H and O–H groups in total. The summed E-state index contributed by atoms with van der Waals surface area (Å²) in [6.07, 6.45) is 1.51. The number of ether oxygens (including phenoxy) is 1. The number of hydrogen-bond acceptors (Lipinski definition) is 4. The fraction of sp³-hybridized carbons (Fsp3) is 0.214. The summed E-state index contributed by atoms with van der Waals surface area (Å²) < 4.78 is 6.52. The average Bonchev–Trinajstić information content (AvgIpc) is 2.44. The zero-order chi connectivity index (χ0) is 14.7. The van der Waals surface area contributed by atoms with E-state index in [4.69, 9.17) is 10.00 Å². The van der Waals surface area contributed by atoms with Gasteiger partial charge in [0.25, 0.3) is 5.56 Å². The molecule has 2 aromatic rings. The van der Waals surface area contributed by atoms with E-state index in [1.54, 1.807) is 25.1 Å². The molecule has 0 spiro atoms. The average molecular weight is 271 g/mol. The Bertz CT molecular complexity index is 797. The van der Waals surface area contributed by atoms with Gasteiger partial charge in [-0.25, -0.2) is 4.79 Å². The van der Waals surface area contributed by atoms with E-state index in [0.29, 0.717) is 23.4 Å². The molecule has 6 heteroatoms. The van der Waals surface area contributed by atoms with E-state index in [1.165, 1.54) is 17.9 Å². The van der Waals surface area contributed by atoms with Crippen LogP contribution >= 0.6 is 0 Å². The Morgan fingerprint density at radius 3 is 2.80 bits per heavy atom. The molecule has 1 aromatic carbocycles. The largest absolute Gasteiger partial charge is 0.495 e. The quantitative estimate of drug-likeness (QED) is 0.893. The molecule has 0 saturated heterocycles. The van der Waals surface area contributed by atoms with Crippen LogP contribution in [-0.4, -0.2) is 16.7 Å². The number of nitrogens with zero attached hydrogens (tertiary/aromatic N) is 2. The molecule has 1 heterocycles. The first kappa shape index (κ1) is 13.6. The second kappa shape index (κ2) is 5.45. The third-order valence-corrected chi connectivity index (χ3v) is 2.93. The topological polar surface area (TPSA) is 87.9 Å². The number of nitrogens with one attached hydrogen (secondary N) is 1. The second-order valence-corrected chi connectivity index (χ2v) is 4.35. The molecule has 0 radical (unpaired) electrons. The van der Waals surface area contributed by atoms with Crippen LogP contribution in [0.25, 0.3) is 0 Å². The summed E-state index contributed by atoms with van der Waals surface area (Å²) >= 11 is 0. The molecule has 102 valence electrons. The Kier molecular flexibility index (Phi) is 3.71. The van der Waals surface area contributed by atoms with Gasteiger partial charge in [0.05, 0.1) is 19.2 Å². The lowest BCUT2D eigenvalue weighted by molar-refractivity contribution is 0.412. The van der Waals surface area contributed by atoms with Crippen molar-refractivity contribution in [2.24, 2.45) is 0 Å². The molecule has 0 amide bonds. The number of hydrogen-bond donors (Lipinski definition) is 1. The molecular formula is C14H13N3O3. The molecule has 0 atom stereocenters. The molecule has 0 saturated carbocycles. The van der Waals surface area contributed by atoms with Crippen molar-refractivity contribution in [3.05, 3.63) is 61.9 Å². The fourth-order valence-corrected chi connectivity index (χ4v) is 1.86. The van der Waals surface area contributed by atoms with E-state index in [9.17, 15) is 9.59 Å². The van der Waals surface area contributed by atoms with Gasteiger partial charge in [-0.2, -0.15) is 5.26 Å². The van der Waals surface area contributed by atoms with Gasteiger partial charge in [0.15, 0.2) is 0 Å². The van der Waals surface area contributed by atoms with Gasteiger partial charge in [0, 0.05) is 11.8 Å². The maximum Gasteiger partial charge on any atom is 0.328 e. The zero-order valence-corrected chi connectivity index (χ0v) is 11.1. The van der Waals surface area contributed by atoms with E-state index < -0.39 is 5.69 Å². The van der Waals surface area contributed by atoms with Gasteiger partial charge in [0.1, 0.15) is 11.8 Å². The summed E-state index contributed by atoms with van der Waals surface area (Å²) in [6, 6.07) is 7.10. The Balaban J connectivity index is 2.41. The van der Waals surface area contributed by atoms with Crippen LogP contribution in [0.4, 0.5) is 0 Å². The van der Waals surface area contributed by atoms with Gasteiger partial charge in [-0.3, -0.25) is 14.3 Å². The molecule has 1 aromatic heterocycles. The monoisotopic (exact) mass is 271 g/mol. The maximum absolute atomic E-state index is 11.7. The minimum Gasteiger partial charge on any atom is -0.495 e. The van der Waals surface area contributed by atoms with E-state index in [1.807, 2.05) is 6.07 Å². The highest BCUT2D eigenvalue weighted by molar-refractivity contribution is 5.45. The Morgan fingerprint density at radius 1 is 1.40 bits per heavy atom. The highest BCUT2D eigenvalue weighted by Crippen LogP contribution is 2.19. The number of aromatic amines is 1. The van der Waals surface area contributed by atoms with Crippen LogP contribution in [0.15, 0.2) is 34.0 Å². The molecule has 0 aliphatic rings. The molecule has 0 bridgehead atoms. The molecule has 0 fully saturated rings. The van der Waals surface area contributed by atoms with Crippen molar-refractivity contribution in [2.75, 3.05) is 7.11 Å². The first-order chi connectivity index (χ1) is 9.55. The lowest BCUT2D eigenvalue weighted by Gasteiger charge is -2.08. The number of methoxy groups -OCH3 is 1. The Morgan fingerprint density at radius 2 is 2.15 bits per heavy atom. The molecule has 0 aliphatic carbocycles. The smallest absolute Gasteiger partial charge is 0.328 e. The van der Waals surface area contributed by atoms with Gasteiger partial charge in [0.2, 0.25) is 0 Å². The fourth-order valence-electron chi connectivity index (χ4n) is 1.86. The summed E-state index contributed by atoms with van der Waals surface area (Å²) in [6.45, 7) is 1.92.